The number of carbonyl (C=O) groups is 1. The number of carboxylic acid groups (broad SMARTS) is 1. The molecule has 192 valence electrons. The number of aliphatic carboxylic acids is 1. The average Bonchev–Trinajstić information content (AvgIpc) is 3.15. The Hall–Kier alpha value is -2.97. The predicted molar refractivity (Wildman–Crippen MR) is 112 cm³/mol. The zero-order valence-corrected chi connectivity index (χ0v) is 19.0. The van der Waals surface area contributed by atoms with Gasteiger partial charge in [-0.3, -0.25) is 23.7 Å². The van der Waals surface area contributed by atoms with Gasteiger partial charge in [-0.25, -0.2) is 4.79 Å². The number of aromatic nitrogens is 2. The van der Waals surface area contributed by atoms with Crippen molar-refractivity contribution in [2.24, 2.45) is 0 Å². The number of hydrogen-bond acceptors (Lipinski definition) is 8. The van der Waals surface area contributed by atoms with Gasteiger partial charge in [0.15, 0.2) is 0 Å². The van der Waals surface area contributed by atoms with Crippen molar-refractivity contribution in [2.75, 3.05) is 6.61 Å². The third kappa shape index (κ3) is 6.38. The van der Waals surface area contributed by atoms with E-state index in [9.17, 15) is 42.3 Å². The van der Waals surface area contributed by atoms with E-state index in [1.807, 2.05) is 0 Å². The van der Waals surface area contributed by atoms with Crippen LogP contribution in [-0.4, -0.2) is 55.4 Å². The molecule has 0 aliphatic carbocycles. The normalized spacial score (nSPS) is 22.2. The van der Waals surface area contributed by atoms with E-state index in [4.69, 9.17) is 14.1 Å². The van der Waals surface area contributed by atoms with Crippen LogP contribution in [0.25, 0.3) is 0 Å². The molecular formula is C19H21F3N3O9P. The molecule has 2 unspecified atom stereocenters. The number of hydroxylamine groups is 1. The zero-order chi connectivity index (χ0) is 25.9. The van der Waals surface area contributed by atoms with E-state index in [-0.39, 0.29) is 18.4 Å². The maximum atomic E-state index is 13.0. The van der Waals surface area contributed by atoms with Crippen LogP contribution >= 0.6 is 8.18 Å². The van der Waals surface area contributed by atoms with Crippen LogP contribution in [-0.2, 0) is 24.8 Å². The van der Waals surface area contributed by atoms with Gasteiger partial charge in [-0.15, -0.1) is 0 Å². The summed E-state index contributed by atoms with van der Waals surface area (Å²) in [4.78, 5) is 42.4. The molecule has 5 atom stereocenters. The smallest absolute Gasteiger partial charge is 0.423 e. The van der Waals surface area contributed by atoms with E-state index >= 15 is 0 Å². The first-order valence-corrected chi connectivity index (χ1v) is 11.3. The van der Waals surface area contributed by atoms with Crippen molar-refractivity contribution in [1.82, 2.24) is 14.4 Å². The Morgan fingerprint density at radius 2 is 2.00 bits per heavy atom. The van der Waals surface area contributed by atoms with Gasteiger partial charge in [0.1, 0.15) is 29.7 Å². The molecule has 2 heterocycles. The van der Waals surface area contributed by atoms with Gasteiger partial charge in [-0.1, -0.05) is 23.0 Å². The summed E-state index contributed by atoms with van der Waals surface area (Å²) in [5.74, 6) is -1.18. The first kappa shape index (κ1) is 26.6. The second kappa shape index (κ2) is 10.7. The molecule has 35 heavy (non-hydrogen) atoms. The van der Waals surface area contributed by atoms with Crippen molar-refractivity contribution in [3.05, 3.63) is 62.9 Å². The molecular weight excluding hydrogens is 502 g/mol. The number of ether oxygens (including phenoxy) is 1. The summed E-state index contributed by atoms with van der Waals surface area (Å²) in [6, 6.07) is 6.46. The fourth-order valence-corrected chi connectivity index (χ4v) is 4.16. The minimum absolute atomic E-state index is 0.178. The van der Waals surface area contributed by atoms with Crippen LogP contribution in [0.5, 0.6) is 5.75 Å². The minimum Gasteiger partial charge on any atom is -0.480 e. The number of nitrogens with zero attached hydrogens (tertiary/aromatic N) is 2. The van der Waals surface area contributed by atoms with E-state index in [1.54, 1.807) is 23.2 Å². The number of aromatic amines is 1. The lowest BCUT2D eigenvalue weighted by atomic mass is 10.2. The standard InChI is InChI=1S/C19H21F3N3O9P/c1-10(17(28)29)25(34-11-5-3-2-4-6-11)35(31)32-9-14-13(26)7-15(33-14)24-8-12(19(20,21)22)16(27)23-18(24)30/h2-6,8,10,13-15,26,35H,7,9H2,1H3,(H,28,29)(H,23,27,30)/t10?,13-,14+,15+/m1/s1. The quantitative estimate of drug-likeness (QED) is 0.324. The number of aliphatic hydroxyl groups excluding tert-OH is 1. The summed E-state index contributed by atoms with van der Waals surface area (Å²) in [5.41, 5.74) is -4.44. The van der Waals surface area contributed by atoms with Crippen LogP contribution in [0.2, 0.25) is 0 Å². The Morgan fingerprint density at radius 1 is 1.34 bits per heavy atom. The third-order valence-corrected chi connectivity index (χ3v) is 6.25. The molecule has 0 bridgehead atoms. The molecule has 2 aromatic rings. The van der Waals surface area contributed by atoms with Gasteiger partial charge >= 0.3 is 17.8 Å². The number of hydrogen-bond donors (Lipinski definition) is 3. The molecule has 3 N–H and O–H groups in total. The fourth-order valence-electron chi connectivity index (χ4n) is 3.12. The molecule has 0 amide bonds. The van der Waals surface area contributed by atoms with E-state index in [1.165, 1.54) is 19.1 Å². The Balaban J connectivity index is 1.71. The summed E-state index contributed by atoms with van der Waals surface area (Å²) in [6.45, 7) is 0.635. The van der Waals surface area contributed by atoms with Crippen LogP contribution in [0.4, 0.5) is 13.2 Å². The van der Waals surface area contributed by atoms with Crippen LogP contribution in [0.15, 0.2) is 46.1 Å². The number of benzene rings is 1. The molecule has 1 aromatic carbocycles. The van der Waals surface area contributed by atoms with Crippen molar-refractivity contribution >= 4 is 14.1 Å². The van der Waals surface area contributed by atoms with Gasteiger partial charge in [0.05, 0.1) is 12.7 Å². The van der Waals surface area contributed by atoms with Crippen LogP contribution in [0.1, 0.15) is 25.1 Å². The molecule has 1 aliphatic rings. The Morgan fingerprint density at radius 3 is 2.60 bits per heavy atom. The van der Waals surface area contributed by atoms with Gasteiger partial charge in [0, 0.05) is 12.6 Å². The van der Waals surface area contributed by atoms with Gasteiger partial charge < -0.3 is 24.3 Å². The topological polar surface area (TPSA) is 160 Å². The summed E-state index contributed by atoms with van der Waals surface area (Å²) in [7, 11) is -3.38. The predicted octanol–water partition coefficient (Wildman–Crippen LogP) is 1.38. The van der Waals surface area contributed by atoms with Gasteiger partial charge in [0.2, 0.25) is 0 Å². The second-order valence-electron chi connectivity index (χ2n) is 7.46. The summed E-state index contributed by atoms with van der Waals surface area (Å²) in [6.07, 6.45) is -9.06. The number of para-hydroxylation sites is 1. The molecule has 16 heteroatoms. The van der Waals surface area contributed by atoms with Gasteiger partial charge in [-0.2, -0.15) is 13.2 Å². The first-order valence-electron chi connectivity index (χ1n) is 10.1. The summed E-state index contributed by atoms with van der Waals surface area (Å²) < 4.78 is 62.9. The molecule has 1 aromatic heterocycles. The van der Waals surface area contributed by atoms with Crippen LogP contribution < -0.4 is 16.1 Å². The first-order chi connectivity index (χ1) is 16.4. The average molecular weight is 523 g/mol. The lowest BCUT2D eigenvalue weighted by molar-refractivity contribution is -0.148. The summed E-state index contributed by atoms with van der Waals surface area (Å²) in [5, 5.41) is 19.5. The van der Waals surface area contributed by atoms with Gasteiger partial charge in [0.25, 0.3) is 13.7 Å². The van der Waals surface area contributed by atoms with E-state index < -0.39 is 68.2 Å². The number of H-pyrrole nitrogens is 1. The molecule has 0 saturated carbocycles. The van der Waals surface area contributed by atoms with E-state index in [2.05, 4.69) is 0 Å². The van der Waals surface area contributed by atoms with Crippen molar-refractivity contribution in [1.29, 1.82) is 0 Å². The van der Waals surface area contributed by atoms with Crippen LogP contribution in [0.3, 0.4) is 0 Å². The van der Waals surface area contributed by atoms with Crippen molar-refractivity contribution in [3.8, 4) is 5.75 Å². The Kier molecular flexibility index (Phi) is 8.18. The third-order valence-electron chi connectivity index (χ3n) is 4.99. The van der Waals surface area contributed by atoms with Gasteiger partial charge in [-0.05, 0) is 19.1 Å². The van der Waals surface area contributed by atoms with Crippen molar-refractivity contribution in [2.45, 2.75) is 44.0 Å². The number of halogens is 3. The molecule has 0 spiro atoms. The Bertz CT molecular complexity index is 1190. The maximum absolute atomic E-state index is 13.0. The highest BCUT2D eigenvalue weighted by Gasteiger charge is 2.40. The van der Waals surface area contributed by atoms with Crippen molar-refractivity contribution < 1.29 is 46.8 Å². The van der Waals surface area contributed by atoms with Crippen molar-refractivity contribution in [3.63, 3.8) is 0 Å². The lowest BCUT2D eigenvalue weighted by Gasteiger charge is -2.25. The molecule has 1 fully saturated rings. The number of carboxylic acids is 1. The lowest BCUT2D eigenvalue weighted by Crippen LogP contribution is -2.37. The summed E-state index contributed by atoms with van der Waals surface area (Å²) >= 11 is 0. The number of rotatable bonds is 9. The minimum atomic E-state index is -5.04. The SMILES string of the molecule is CC(C(=O)O)N(Oc1ccccc1)[PH](=O)OC[C@@H]1O[C@H](n2cc(C(F)(F)F)c(=O)[nH]c2=O)C[C@H]1O. The van der Waals surface area contributed by atoms with E-state index in [0.717, 1.165) is 0 Å². The molecule has 3 rings (SSSR count). The second-order valence-corrected chi connectivity index (χ2v) is 8.72. The zero-order valence-electron chi connectivity index (χ0n) is 18.0. The fraction of sp³-hybridized carbons (Fsp3) is 0.421. The molecule has 1 saturated heterocycles. The number of aliphatic hydroxyl groups is 1. The number of alkyl halides is 3. The van der Waals surface area contributed by atoms with Crippen LogP contribution in [0, 0.1) is 0 Å². The molecule has 1 aliphatic heterocycles. The highest BCUT2D eigenvalue weighted by molar-refractivity contribution is 7.36. The Labute approximate surface area is 195 Å². The highest BCUT2D eigenvalue weighted by Crippen LogP contribution is 2.36. The molecule has 12 nitrogen and oxygen atoms in total. The van der Waals surface area contributed by atoms with E-state index in [0.29, 0.717) is 9.40 Å². The highest BCUT2D eigenvalue weighted by atomic mass is 31.1. The maximum Gasteiger partial charge on any atom is 0.423 e. The number of nitrogens with one attached hydrogen (secondary N) is 1. The molecule has 0 radical (unpaired) electrons. The largest absolute Gasteiger partial charge is 0.480 e. The monoisotopic (exact) mass is 523 g/mol.